The van der Waals surface area contributed by atoms with Gasteiger partial charge in [-0.3, -0.25) is 0 Å². The Morgan fingerprint density at radius 1 is 1.23 bits per heavy atom. The zero-order valence-corrected chi connectivity index (χ0v) is 8.66. The Labute approximate surface area is 79.2 Å². The highest BCUT2D eigenvalue weighted by Crippen LogP contribution is 2.14. The molecule has 0 aromatic carbocycles. The smallest absolute Gasteiger partial charge is 0.316 e. The van der Waals surface area contributed by atoms with Gasteiger partial charge in [0.25, 0.3) is 0 Å². The van der Waals surface area contributed by atoms with Crippen LogP contribution in [0.5, 0.6) is 6.01 Å². The number of ether oxygens (including phenoxy) is 1. The van der Waals surface area contributed by atoms with E-state index in [1.165, 1.54) is 0 Å². The molecule has 0 atom stereocenters. The first-order valence-corrected chi connectivity index (χ1v) is 4.39. The molecule has 0 unspecified atom stereocenters. The lowest BCUT2D eigenvalue weighted by molar-refractivity contribution is 0.184. The normalized spacial score (nSPS) is 11.4. The molecule has 0 saturated carbocycles. The van der Waals surface area contributed by atoms with Crippen molar-refractivity contribution < 1.29 is 4.74 Å². The van der Waals surface area contributed by atoms with Crippen LogP contribution in [0.1, 0.15) is 26.3 Å². The molecule has 1 rings (SSSR count). The lowest BCUT2D eigenvalue weighted by Crippen LogP contribution is -2.17. The first-order valence-electron chi connectivity index (χ1n) is 4.39. The Morgan fingerprint density at radius 3 is 2.23 bits per heavy atom. The molecule has 1 aromatic rings. The van der Waals surface area contributed by atoms with Gasteiger partial charge in [-0.1, -0.05) is 20.8 Å². The van der Waals surface area contributed by atoms with Gasteiger partial charge in [0, 0.05) is 12.4 Å². The topological polar surface area (TPSA) is 35.0 Å². The van der Waals surface area contributed by atoms with Crippen molar-refractivity contribution in [3.05, 3.63) is 18.0 Å². The summed E-state index contributed by atoms with van der Waals surface area (Å²) < 4.78 is 5.40. The summed E-state index contributed by atoms with van der Waals surface area (Å²) in [6, 6.07) is 0.459. The van der Waals surface area contributed by atoms with Crippen molar-refractivity contribution in [1.82, 2.24) is 9.97 Å². The van der Waals surface area contributed by atoms with E-state index >= 15 is 0 Å². The Kier molecular flexibility index (Phi) is 2.86. The van der Waals surface area contributed by atoms with Gasteiger partial charge in [-0.2, -0.15) is 0 Å². The molecule has 3 heteroatoms. The number of hydrogen-bond donors (Lipinski definition) is 0. The monoisotopic (exact) mass is 180 g/mol. The third kappa shape index (κ3) is 3.87. The summed E-state index contributed by atoms with van der Waals surface area (Å²) in [6.45, 7) is 8.92. The molecule has 0 fully saturated rings. The van der Waals surface area contributed by atoms with E-state index in [2.05, 4.69) is 30.7 Å². The molecule has 0 amide bonds. The molecule has 3 nitrogen and oxygen atoms in total. The maximum absolute atomic E-state index is 5.40. The molecular formula is C10H16N2O. The fourth-order valence-corrected chi connectivity index (χ4v) is 0.736. The van der Waals surface area contributed by atoms with Crippen molar-refractivity contribution in [2.75, 3.05) is 6.61 Å². The molecule has 0 aliphatic rings. The standard InChI is InChI=1S/C10H16N2O/c1-8-5-11-9(12-6-8)13-7-10(2,3)4/h5-6H,7H2,1-4H3. The van der Waals surface area contributed by atoms with E-state index < -0.39 is 0 Å². The van der Waals surface area contributed by atoms with E-state index in [1.807, 2.05) is 6.92 Å². The molecular weight excluding hydrogens is 164 g/mol. The number of rotatable bonds is 2. The average molecular weight is 180 g/mol. The highest BCUT2D eigenvalue weighted by molar-refractivity contribution is 5.04. The molecule has 0 radical (unpaired) electrons. The van der Waals surface area contributed by atoms with Crippen molar-refractivity contribution in [3.8, 4) is 6.01 Å². The zero-order chi connectivity index (χ0) is 9.90. The third-order valence-corrected chi connectivity index (χ3v) is 1.39. The minimum atomic E-state index is 0.147. The molecule has 0 N–H and O–H groups in total. The number of aryl methyl sites for hydroxylation is 1. The van der Waals surface area contributed by atoms with Gasteiger partial charge in [-0.05, 0) is 17.9 Å². The molecule has 0 aliphatic heterocycles. The van der Waals surface area contributed by atoms with Crippen LogP contribution in [0.15, 0.2) is 12.4 Å². The molecule has 0 bridgehead atoms. The molecule has 1 heterocycles. The van der Waals surface area contributed by atoms with Crippen molar-refractivity contribution in [1.29, 1.82) is 0 Å². The van der Waals surface area contributed by atoms with Gasteiger partial charge in [0.1, 0.15) is 0 Å². The van der Waals surface area contributed by atoms with Crippen LogP contribution >= 0.6 is 0 Å². The lowest BCUT2D eigenvalue weighted by Gasteiger charge is -2.17. The fraction of sp³-hybridized carbons (Fsp3) is 0.600. The highest BCUT2D eigenvalue weighted by atomic mass is 16.5. The number of nitrogens with zero attached hydrogens (tertiary/aromatic N) is 2. The van der Waals surface area contributed by atoms with E-state index in [1.54, 1.807) is 12.4 Å². The van der Waals surface area contributed by atoms with Crippen LogP contribution in [0.2, 0.25) is 0 Å². The van der Waals surface area contributed by atoms with Crippen LogP contribution in [0.3, 0.4) is 0 Å². The third-order valence-electron chi connectivity index (χ3n) is 1.39. The van der Waals surface area contributed by atoms with Crippen LogP contribution in [-0.2, 0) is 0 Å². The summed E-state index contributed by atoms with van der Waals surface area (Å²) in [5, 5.41) is 0. The maximum Gasteiger partial charge on any atom is 0.316 e. The number of aromatic nitrogens is 2. The zero-order valence-electron chi connectivity index (χ0n) is 8.66. The predicted octanol–water partition coefficient (Wildman–Crippen LogP) is 2.21. The minimum absolute atomic E-state index is 0.147. The first-order chi connectivity index (χ1) is 5.97. The van der Waals surface area contributed by atoms with Gasteiger partial charge in [0.05, 0.1) is 6.61 Å². The summed E-state index contributed by atoms with van der Waals surface area (Å²) >= 11 is 0. The average Bonchev–Trinajstić information content (AvgIpc) is 2.02. The van der Waals surface area contributed by atoms with E-state index in [0.29, 0.717) is 12.6 Å². The van der Waals surface area contributed by atoms with Crippen LogP contribution < -0.4 is 4.74 Å². The lowest BCUT2D eigenvalue weighted by atomic mass is 9.99. The Bertz CT molecular complexity index is 261. The van der Waals surface area contributed by atoms with Crippen LogP contribution in [0.4, 0.5) is 0 Å². The second kappa shape index (κ2) is 3.73. The Hall–Kier alpha value is -1.12. The van der Waals surface area contributed by atoms with Crippen molar-refractivity contribution in [3.63, 3.8) is 0 Å². The summed E-state index contributed by atoms with van der Waals surface area (Å²) in [7, 11) is 0. The van der Waals surface area contributed by atoms with Gasteiger partial charge >= 0.3 is 6.01 Å². The summed E-state index contributed by atoms with van der Waals surface area (Å²) in [5.41, 5.74) is 1.19. The van der Waals surface area contributed by atoms with Crippen molar-refractivity contribution in [2.24, 2.45) is 5.41 Å². The van der Waals surface area contributed by atoms with Gasteiger partial charge in [-0.25, -0.2) is 9.97 Å². The first kappa shape index (κ1) is 9.96. The predicted molar refractivity (Wildman–Crippen MR) is 51.7 cm³/mol. The SMILES string of the molecule is Cc1cnc(OCC(C)(C)C)nc1. The van der Waals surface area contributed by atoms with Gasteiger partial charge in [0.2, 0.25) is 0 Å². The van der Waals surface area contributed by atoms with E-state index in [-0.39, 0.29) is 5.41 Å². The van der Waals surface area contributed by atoms with E-state index in [4.69, 9.17) is 4.74 Å². The van der Waals surface area contributed by atoms with Crippen LogP contribution in [0.25, 0.3) is 0 Å². The second-order valence-electron chi connectivity index (χ2n) is 4.39. The summed E-state index contributed by atoms with van der Waals surface area (Å²) in [5.74, 6) is 0. The quantitative estimate of drug-likeness (QED) is 0.700. The van der Waals surface area contributed by atoms with Crippen molar-refractivity contribution in [2.45, 2.75) is 27.7 Å². The molecule has 1 aromatic heterocycles. The molecule has 0 saturated heterocycles. The Morgan fingerprint density at radius 2 is 1.77 bits per heavy atom. The van der Waals surface area contributed by atoms with E-state index in [0.717, 1.165) is 5.56 Å². The maximum atomic E-state index is 5.40. The van der Waals surface area contributed by atoms with Gasteiger partial charge < -0.3 is 4.74 Å². The largest absolute Gasteiger partial charge is 0.463 e. The van der Waals surface area contributed by atoms with Crippen molar-refractivity contribution >= 4 is 0 Å². The van der Waals surface area contributed by atoms with Gasteiger partial charge in [0.15, 0.2) is 0 Å². The fourth-order valence-electron chi connectivity index (χ4n) is 0.736. The second-order valence-corrected chi connectivity index (χ2v) is 4.39. The van der Waals surface area contributed by atoms with Gasteiger partial charge in [-0.15, -0.1) is 0 Å². The van der Waals surface area contributed by atoms with Crippen LogP contribution in [-0.4, -0.2) is 16.6 Å². The summed E-state index contributed by atoms with van der Waals surface area (Å²) in [6.07, 6.45) is 3.51. The summed E-state index contributed by atoms with van der Waals surface area (Å²) in [4.78, 5) is 8.10. The molecule has 0 aliphatic carbocycles. The van der Waals surface area contributed by atoms with Crippen LogP contribution in [0, 0.1) is 12.3 Å². The van der Waals surface area contributed by atoms with E-state index in [9.17, 15) is 0 Å². The minimum Gasteiger partial charge on any atom is -0.463 e. The molecule has 0 spiro atoms. The molecule has 72 valence electrons. The molecule has 13 heavy (non-hydrogen) atoms. The highest BCUT2D eigenvalue weighted by Gasteiger charge is 2.11. The number of hydrogen-bond acceptors (Lipinski definition) is 3. The Balaban J connectivity index is 2.51.